The maximum absolute atomic E-state index is 13.7. The van der Waals surface area contributed by atoms with Gasteiger partial charge in [0.1, 0.15) is 6.04 Å². The smallest absolute Gasteiger partial charge is 0.338 e. The highest BCUT2D eigenvalue weighted by molar-refractivity contribution is 7.07. The van der Waals surface area contributed by atoms with E-state index in [1.807, 2.05) is 54.7 Å². The molecule has 3 heterocycles. The molecule has 8 heteroatoms. The average molecular weight is 478 g/mol. The zero-order chi connectivity index (χ0) is 23.1. The zero-order valence-electron chi connectivity index (χ0n) is 18.0. The van der Waals surface area contributed by atoms with E-state index < -0.39 is 12.0 Å². The number of fused-ring (bicyclic) bond motifs is 2. The molecule has 2 aromatic carbocycles. The molecule has 0 unspecified atom stereocenters. The Bertz CT molecular complexity index is 1610. The quantitative estimate of drug-likeness (QED) is 0.452. The first-order valence-corrected chi connectivity index (χ1v) is 11.7. The summed E-state index contributed by atoms with van der Waals surface area (Å²) in [6.07, 6.45) is 3.74. The fourth-order valence-electron chi connectivity index (χ4n) is 4.14. The van der Waals surface area contributed by atoms with Crippen molar-refractivity contribution in [1.29, 1.82) is 0 Å². The van der Waals surface area contributed by atoms with Gasteiger partial charge in [0.25, 0.3) is 5.56 Å². The van der Waals surface area contributed by atoms with Gasteiger partial charge in [0.2, 0.25) is 0 Å². The van der Waals surface area contributed by atoms with E-state index in [1.54, 1.807) is 24.5 Å². The molecule has 1 aliphatic rings. The lowest BCUT2D eigenvalue weighted by Crippen LogP contribution is -2.40. The molecule has 1 aliphatic heterocycles. The van der Waals surface area contributed by atoms with Gasteiger partial charge in [0.05, 0.1) is 22.4 Å². The summed E-state index contributed by atoms with van der Waals surface area (Å²) in [6.45, 7) is 3.72. The molecule has 33 heavy (non-hydrogen) atoms. The van der Waals surface area contributed by atoms with E-state index in [4.69, 9.17) is 16.3 Å². The topological polar surface area (TPSA) is 76.4 Å². The molecule has 4 aromatic rings. The number of ether oxygens (including phenoxy) is 1. The molecule has 2 aromatic heterocycles. The number of aromatic nitrogens is 2. The number of hydrogen-bond acceptors (Lipinski definition) is 5. The second-order valence-electron chi connectivity index (χ2n) is 7.61. The van der Waals surface area contributed by atoms with Crippen molar-refractivity contribution in [1.82, 2.24) is 9.55 Å². The molecular formula is C25H20ClN3O3S. The molecule has 1 N–H and O–H groups in total. The highest BCUT2D eigenvalue weighted by Crippen LogP contribution is 2.34. The number of rotatable bonds is 4. The lowest BCUT2D eigenvalue weighted by Gasteiger charge is -2.25. The van der Waals surface area contributed by atoms with Crippen molar-refractivity contribution in [2.24, 2.45) is 4.99 Å². The van der Waals surface area contributed by atoms with E-state index in [-0.39, 0.29) is 12.2 Å². The Morgan fingerprint density at radius 2 is 2.00 bits per heavy atom. The Morgan fingerprint density at radius 1 is 1.24 bits per heavy atom. The molecule has 0 fully saturated rings. The summed E-state index contributed by atoms with van der Waals surface area (Å²) in [7, 11) is 0. The molecule has 0 aliphatic carbocycles. The summed E-state index contributed by atoms with van der Waals surface area (Å²) in [6, 6.07) is 14.4. The predicted octanol–water partition coefficient (Wildman–Crippen LogP) is 3.93. The van der Waals surface area contributed by atoms with Crippen LogP contribution in [0.4, 0.5) is 0 Å². The molecular weight excluding hydrogens is 458 g/mol. The maximum atomic E-state index is 13.7. The standard InChI is InChI=1S/C25H20ClN3O3S/c1-3-32-24(31)21-14(2)28-25-29(22(21)17-9-4-6-10-18(17)26)23(30)20(33-25)12-15-13-27-19-11-7-5-8-16(15)19/h4-13,22,27H,3H2,1-2H3/b20-12-/t22-/m1/s1. The molecule has 166 valence electrons. The van der Waals surface area contributed by atoms with Crippen LogP contribution in [0.25, 0.3) is 17.0 Å². The first kappa shape index (κ1) is 21.4. The van der Waals surface area contributed by atoms with Gasteiger partial charge in [-0.3, -0.25) is 9.36 Å². The summed E-state index contributed by atoms with van der Waals surface area (Å²) >= 11 is 7.82. The zero-order valence-corrected chi connectivity index (χ0v) is 19.5. The molecule has 5 rings (SSSR count). The number of carbonyl (C=O) groups is 1. The van der Waals surface area contributed by atoms with Gasteiger partial charge in [-0.15, -0.1) is 0 Å². The SMILES string of the molecule is CCOC(=O)C1=C(C)N=c2s/c(=C\c3c[nH]c4ccccc34)c(=O)n2[C@@H]1c1ccccc1Cl. The van der Waals surface area contributed by atoms with Crippen molar-refractivity contribution in [2.45, 2.75) is 19.9 Å². The van der Waals surface area contributed by atoms with E-state index in [9.17, 15) is 9.59 Å². The first-order valence-electron chi connectivity index (χ1n) is 10.5. The minimum absolute atomic E-state index is 0.218. The van der Waals surface area contributed by atoms with Gasteiger partial charge in [0, 0.05) is 27.7 Å². The van der Waals surface area contributed by atoms with E-state index >= 15 is 0 Å². The normalized spacial score (nSPS) is 16.1. The van der Waals surface area contributed by atoms with E-state index in [0.717, 1.165) is 16.5 Å². The van der Waals surface area contributed by atoms with Crippen LogP contribution in [-0.4, -0.2) is 22.1 Å². The number of nitrogens with zero attached hydrogens (tertiary/aromatic N) is 2. The molecule has 6 nitrogen and oxygen atoms in total. The van der Waals surface area contributed by atoms with E-state index in [0.29, 0.717) is 31.2 Å². The predicted molar refractivity (Wildman–Crippen MR) is 130 cm³/mol. The number of hydrogen-bond donors (Lipinski definition) is 1. The van der Waals surface area contributed by atoms with Gasteiger partial charge < -0.3 is 9.72 Å². The minimum Gasteiger partial charge on any atom is -0.463 e. The van der Waals surface area contributed by atoms with Crippen molar-refractivity contribution in [2.75, 3.05) is 6.61 Å². The Labute approximate surface area is 198 Å². The minimum atomic E-state index is -0.723. The lowest BCUT2D eigenvalue weighted by molar-refractivity contribution is -0.139. The molecule has 0 amide bonds. The van der Waals surface area contributed by atoms with Crippen LogP contribution in [0.1, 0.15) is 31.0 Å². The fourth-order valence-corrected chi connectivity index (χ4v) is 5.41. The summed E-state index contributed by atoms with van der Waals surface area (Å²) in [5.41, 5.74) is 3.14. The number of benzene rings is 2. The molecule has 0 radical (unpaired) electrons. The largest absolute Gasteiger partial charge is 0.463 e. The Kier molecular flexibility index (Phi) is 5.52. The van der Waals surface area contributed by atoms with Crippen molar-refractivity contribution >= 4 is 45.9 Å². The van der Waals surface area contributed by atoms with Gasteiger partial charge in [-0.05, 0) is 37.6 Å². The molecule has 1 atom stereocenters. The molecule has 0 saturated heterocycles. The lowest BCUT2D eigenvalue weighted by atomic mass is 9.96. The van der Waals surface area contributed by atoms with Crippen molar-refractivity contribution in [3.63, 3.8) is 0 Å². The number of carbonyl (C=O) groups excluding carboxylic acids is 1. The van der Waals surface area contributed by atoms with Crippen LogP contribution in [-0.2, 0) is 9.53 Å². The maximum Gasteiger partial charge on any atom is 0.338 e. The Morgan fingerprint density at radius 3 is 2.79 bits per heavy atom. The summed E-state index contributed by atoms with van der Waals surface area (Å²) < 4.78 is 7.38. The van der Waals surface area contributed by atoms with Crippen LogP contribution in [0.15, 0.2) is 75.8 Å². The van der Waals surface area contributed by atoms with Crippen molar-refractivity contribution < 1.29 is 9.53 Å². The summed E-state index contributed by atoms with van der Waals surface area (Å²) in [4.78, 5) is 34.9. The number of H-pyrrole nitrogens is 1. The highest BCUT2D eigenvalue weighted by Gasteiger charge is 2.34. The van der Waals surface area contributed by atoms with Gasteiger partial charge in [-0.2, -0.15) is 0 Å². The number of nitrogens with one attached hydrogen (secondary N) is 1. The number of thiazole rings is 1. The third-order valence-corrected chi connectivity index (χ3v) is 6.95. The number of esters is 1. The second kappa shape index (κ2) is 8.50. The van der Waals surface area contributed by atoms with Crippen LogP contribution >= 0.6 is 22.9 Å². The number of aromatic amines is 1. The second-order valence-corrected chi connectivity index (χ2v) is 9.03. The molecule has 0 bridgehead atoms. The van der Waals surface area contributed by atoms with Crippen LogP contribution in [0.2, 0.25) is 5.02 Å². The van der Waals surface area contributed by atoms with Crippen molar-refractivity contribution in [3.8, 4) is 0 Å². The first-order chi connectivity index (χ1) is 16.0. The number of para-hydroxylation sites is 1. The average Bonchev–Trinajstić information content (AvgIpc) is 3.34. The van der Waals surface area contributed by atoms with Gasteiger partial charge in [-0.25, -0.2) is 9.79 Å². The van der Waals surface area contributed by atoms with Crippen LogP contribution in [0.3, 0.4) is 0 Å². The van der Waals surface area contributed by atoms with Crippen molar-refractivity contribution in [3.05, 3.63) is 102 Å². The molecule has 0 spiro atoms. The molecule has 0 saturated carbocycles. The van der Waals surface area contributed by atoms with Gasteiger partial charge in [0.15, 0.2) is 4.80 Å². The van der Waals surface area contributed by atoms with Crippen LogP contribution in [0.5, 0.6) is 0 Å². The summed E-state index contributed by atoms with van der Waals surface area (Å²) in [5, 5.41) is 1.49. The van der Waals surface area contributed by atoms with Gasteiger partial charge in [-0.1, -0.05) is 59.3 Å². The monoisotopic (exact) mass is 477 g/mol. The Balaban J connectivity index is 1.76. The highest BCUT2D eigenvalue weighted by atomic mass is 35.5. The van der Waals surface area contributed by atoms with Gasteiger partial charge >= 0.3 is 5.97 Å². The number of allylic oxidation sites excluding steroid dienone is 1. The third-order valence-electron chi connectivity index (χ3n) is 5.62. The van der Waals surface area contributed by atoms with E-state index in [2.05, 4.69) is 9.98 Å². The third kappa shape index (κ3) is 3.63. The summed E-state index contributed by atoms with van der Waals surface area (Å²) in [5.74, 6) is -0.505. The fraction of sp³-hybridized carbons (Fsp3) is 0.160. The Hall–Kier alpha value is -3.42. The van der Waals surface area contributed by atoms with Crippen LogP contribution < -0.4 is 14.9 Å². The van der Waals surface area contributed by atoms with Crippen LogP contribution in [0, 0.1) is 0 Å². The van der Waals surface area contributed by atoms with E-state index in [1.165, 1.54) is 11.3 Å². The number of halogens is 1.